The third-order valence-corrected chi connectivity index (χ3v) is 10.7. The first-order chi connectivity index (χ1) is 18.9. The standard InChI is InChI=1S/C30H38N6O2S/c1-16(2)24-25-17(3)27(18-8-10-35(11-9-18)30(37)23-12-19(38-4)13-31-23)39-29(25)34-26(24)22-14-36-28(32-15-33-36)21-7-5-6-20(21)22/h14-16,18-19,23,31,34H,5-13H2,1-4H3/t19-,23?/m0/s1. The molecule has 39 heavy (non-hydrogen) atoms. The third-order valence-electron chi connectivity index (χ3n) is 9.34. The molecule has 0 spiro atoms. The van der Waals surface area contributed by atoms with Gasteiger partial charge in [-0.1, -0.05) is 13.8 Å². The molecule has 206 valence electrons. The molecule has 2 aliphatic heterocycles. The highest BCUT2D eigenvalue weighted by molar-refractivity contribution is 7.19. The SMILES string of the molecule is CO[C@@H]1CNC(C(=O)N2CCC(c3sc4[nH]c(-c5cn6ncnc6c6c5CCC6)c(C(C)C)c4c3C)CC2)C1. The Balaban J connectivity index is 1.18. The van der Waals surface area contributed by atoms with Crippen LogP contribution in [0.5, 0.6) is 0 Å². The highest BCUT2D eigenvalue weighted by atomic mass is 32.1. The summed E-state index contributed by atoms with van der Waals surface area (Å²) in [5.74, 6) is 1.14. The van der Waals surface area contributed by atoms with Gasteiger partial charge in [0.1, 0.15) is 11.2 Å². The van der Waals surface area contributed by atoms with Gasteiger partial charge in [0.2, 0.25) is 5.91 Å². The van der Waals surface area contributed by atoms with Crippen LogP contribution in [0.15, 0.2) is 12.5 Å². The van der Waals surface area contributed by atoms with E-state index in [9.17, 15) is 4.79 Å². The maximum absolute atomic E-state index is 13.1. The Morgan fingerprint density at radius 2 is 2.00 bits per heavy atom. The van der Waals surface area contributed by atoms with Crippen molar-refractivity contribution in [2.75, 3.05) is 26.7 Å². The first kappa shape index (κ1) is 25.2. The van der Waals surface area contributed by atoms with Crippen LogP contribution in [0.1, 0.15) is 78.5 Å². The minimum absolute atomic E-state index is 0.0988. The van der Waals surface area contributed by atoms with E-state index in [1.807, 2.05) is 15.9 Å². The van der Waals surface area contributed by atoms with Gasteiger partial charge in [0.05, 0.1) is 17.8 Å². The average Bonchev–Trinajstić information content (AvgIpc) is 3.76. The molecule has 1 aliphatic carbocycles. The number of pyridine rings is 1. The summed E-state index contributed by atoms with van der Waals surface area (Å²) < 4.78 is 7.41. The van der Waals surface area contributed by atoms with Crippen LogP contribution >= 0.6 is 11.3 Å². The van der Waals surface area contributed by atoms with Crippen molar-refractivity contribution >= 4 is 33.1 Å². The fourth-order valence-corrected chi connectivity index (χ4v) is 8.74. The molecule has 3 aliphatic rings. The molecule has 0 saturated carbocycles. The van der Waals surface area contributed by atoms with Crippen LogP contribution < -0.4 is 5.32 Å². The van der Waals surface area contributed by atoms with Crippen molar-refractivity contribution in [3.63, 3.8) is 0 Å². The van der Waals surface area contributed by atoms with Gasteiger partial charge >= 0.3 is 0 Å². The van der Waals surface area contributed by atoms with Crippen LogP contribution in [0, 0.1) is 6.92 Å². The number of carbonyl (C=O) groups excluding carboxylic acids is 1. The number of thiophene rings is 1. The molecule has 8 nitrogen and oxygen atoms in total. The largest absolute Gasteiger partial charge is 0.380 e. The van der Waals surface area contributed by atoms with Crippen molar-refractivity contribution in [1.29, 1.82) is 0 Å². The first-order valence-electron chi connectivity index (χ1n) is 14.5. The maximum atomic E-state index is 13.1. The Labute approximate surface area is 233 Å². The lowest BCUT2D eigenvalue weighted by molar-refractivity contribution is -0.134. The number of aromatic nitrogens is 4. The molecular formula is C30H38N6O2S. The van der Waals surface area contributed by atoms with E-state index in [-0.39, 0.29) is 18.1 Å². The third kappa shape index (κ3) is 4.04. The van der Waals surface area contributed by atoms with Gasteiger partial charge in [0, 0.05) is 54.3 Å². The van der Waals surface area contributed by atoms with Crippen molar-refractivity contribution < 1.29 is 9.53 Å². The van der Waals surface area contributed by atoms with Gasteiger partial charge in [-0.2, -0.15) is 5.10 Å². The van der Waals surface area contributed by atoms with Crippen LogP contribution in [-0.2, 0) is 22.4 Å². The molecule has 0 bridgehead atoms. The summed E-state index contributed by atoms with van der Waals surface area (Å²) in [6, 6.07) is -0.0988. The number of ether oxygens (including phenoxy) is 1. The van der Waals surface area contributed by atoms with Gasteiger partial charge in [-0.25, -0.2) is 9.50 Å². The Kier molecular flexibility index (Phi) is 6.28. The summed E-state index contributed by atoms with van der Waals surface area (Å²) in [4.78, 5) is 26.4. The van der Waals surface area contributed by atoms with Crippen LogP contribution in [0.25, 0.3) is 27.1 Å². The van der Waals surface area contributed by atoms with E-state index in [1.165, 1.54) is 55.0 Å². The second kappa shape index (κ2) is 9.71. The lowest BCUT2D eigenvalue weighted by Crippen LogP contribution is -2.46. The van der Waals surface area contributed by atoms with Crippen molar-refractivity contribution in [2.24, 2.45) is 0 Å². The molecule has 4 aromatic heterocycles. The van der Waals surface area contributed by atoms with Gasteiger partial charge in [0.25, 0.3) is 0 Å². The number of amides is 1. The lowest BCUT2D eigenvalue weighted by Gasteiger charge is -2.33. The van der Waals surface area contributed by atoms with Crippen LogP contribution in [0.3, 0.4) is 0 Å². The summed E-state index contributed by atoms with van der Waals surface area (Å²) >= 11 is 1.93. The zero-order valence-electron chi connectivity index (χ0n) is 23.3. The molecular weight excluding hydrogens is 508 g/mol. The normalized spacial score (nSPS) is 22.1. The van der Waals surface area contributed by atoms with E-state index >= 15 is 0 Å². The van der Waals surface area contributed by atoms with E-state index in [2.05, 4.69) is 52.3 Å². The zero-order chi connectivity index (χ0) is 26.8. The Hall–Kier alpha value is -2.75. The number of methoxy groups -OCH3 is 1. The number of H-pyrrole nitrogens is 1. The van der Waals surface area contributed by atoms with Gasteiger partial charge in [0.15, 0.2) is 5.65 Å². The molecule has 2 N–H and O–H groups in total. The minimum Gasteiger partial charge on any atom is -0.380 e. The highest BCUT2D eigenvalue weighted by Gasteiger charge is 2.35. The fraction of sp³-hybridized carbons (Fsp3) is 0.567. The molecule has 6 heterocycles. The Morgan fingerprint density at radius 3 is 2.74 bits per heavy atom. The monoisotopic (exact) mass is 546 g/mol. The summed E-state index contributed by atoms with van der Waals surface area (Å²) in [5.41, 5.74) is 9.20. The molecule has 4 aromatic rings. The molecule has 0 aromatic carbocycles. The van der Waals surface area contributed by atoms with E-state index < -0.39 is 0 Å². The van der Waals surface area contributed by atoms with E-state index in [0.717, 1.165) is 57.4 Å². The van der Waals surface area contributed by atoms with E-state index in [4.69, 9.17) is 4.74 Å². The molecule has 1 amide bonds. The van der Waals surface area contributed by atoms with Gasteiger partial charge in [-0.15, -0.1) is 11.3 Å². The number of fused-ring (bicyclic) bond motifs is 4. The number of nitrogens with one attached hydrogen (secondary N) is 2. The van der Waals surface area contributed by atoms with Crippen LogP contribution in [-0.4, -0.2) is 69.3 Å². The summed E-state index contributed by atoms with van der Waals surface area (Å²) in [6.07, 6.45) is 10.2. The number of piperidine rings is 1. The smallest absolute Gasteiger partial charge is 0.239 e. The number of likely N-dealkylation sites (tertiary alicyclic amines) is 1. The highest BCUT2D eigenvalue weighted by Crippen LogP contribution is 2.47. The van der Waals surface area contributed by atoms with Gasteiger partial charge < -0.3 is 19.9 Å². The number of hydrogen-bond acceptors (Lipinski definition) is 6. The molecule has 9 heteroatoms. The minimum atomic E-state index is -0.0988. The predicted molar refractivity (Wildman–Crippen MR) is 155 cm³/mol. The van der Waals surface area contributed by atoms with Crippen molar-refractivity contribution in [3.05, 3.63) is 39.7 Å². The topological polar surface area (TPSA) is 87.5 Å². The first-order valence-corrected chi connectivity index (χ1v) is 15.3. The number of aromatic amines is 1. The zero-order valence-corrected chi connectivity index (χ0v) is 24.2. The molecule has 1 unspecified atom stereocenters. The van der Waals surface area contributed by atoms with Crippen LogP contribution in [0.2, 0.25) is 0 Å². The van der Waals surface area contributed by atoms with Crippen molar-refractivity contribution in [2.45, 2.75) is 83.3 Å². The molecule has 2 saturated heterocycles. The summed E-state index contributed by atoms with van der Waals surface area (Å²) in [5, 5.41) is 9.26. The average molecular weight is 547 g/mol. The molecule has 2 atom stereocenters. The Morgan fingerprint density at radius 1 is 1.21 bits per heavy atom. The number of aryl methyl sites for hydroxylation is 2. The van der Waals surface area contributed by atoms with Crippen molar-refractivity contribution in [1.82, 2.24) is 29.8 Å². The summed E-state index contributed by atoms with van der Waals surface area (Å²) in [7, 11) is 1.73. The fourth-order valence-electron chi connectivity index (χ4n) is 7.35. The Bertz CT molecular complexity index is 1560. The predicted octanol–water partition coefficient (Wildman–Crippen LogP) is 4.94. The second-order valence-corrected chi connectivity index (χ2v) is 13.0. The number of hydrogen-bond donors (Lipinski definition) is 2. The van der Waals surface area contributed by atoms with Gasteiger partial charge in [-0.3, -0.25) is 4.79 Å². The molecule has 7 rings (SSSR count). The second-order valence-electron chi connectivity index (χ2n) is 11.9. The van der Waals surface area contributed by atoms with E-state index in [1.54, 1.807) is 13.4 Å². The molecule has 0 radical (unpaired) electrons. The van der Waals surface area contributed by atoms with E-state index in [0.29, 0.717) is 11.8 Å². The maximum Gasteiger partial charge on any atom is 0.239 e. The molecule has 2 fully saturated rings. The number of nitrogens with zero attached hydrogens (tertiary/aromatic N) is 4. The van der Waals surface area contributed by atoms with Gasteiger partial charge in [-0.05, 0) is 74.0 Å². The quantitative estimate of drug-likeness (QED) is 0.370. The number of carbonyl (C=O) groups is 1. The number of rotatable bonds is 5. The summed E-state index contributed by atoms with van der Waals surface area (Å²) in [6.45, 7) is 9.36. The van der Waals surface area contributed by atoms with Crippen molar-refractivity contribution in [3.8, 4) is 11.3 Å². The lowest BCUT2D eigenvalue weighted by atomic mass is 9.89. The van der Waals surface area contributed by atoms with Crippen LogP contribution in [0.4, 0.5) is 0 Å².